The van der Waals surface area contributed by atoms with Gasteiger partial charge in [0.05, 0.1) is 7.11 Å². The van der Waals surface area contributed by atoms with Crippen LogP contribution in [-0.2, 0) is 0 Å². The highest BCUT2D eigenvalue weighted by atomic mass is 16.5. The normalized spacial score (nSPS) is 18.1. The van der Waals surface area contributed by atoms with Crippen LogP contribution in [0.15, 0.2) is 24.3 Å². The van der Waals surface area contributed by atoms with Crippen molar-refractivity contribution in [1.82, 2.24) is 10.2 Å². The summed E-state index contributed by atoms with van der Waals surface area (Å²) < 4.78 is 5.34. The molecule has 0 aromatic heterocycles. The van der Waals surface area contributed by atoms with Gasteiger partial charge in [-0.25, -0.2) is 0 Å². The molecule has 1 aliphatic rings. The van der Waals surface area contributed by atoms with Crippen LogP contribution in [0.5, 0.6) is 5.75 Å². The van der Waals surface area contributed by atoms with Gasteiger partial charge in [0.2, 0.25) is 0 Å². The number of rotatable bonds is 8. The first kappa shape index (κ1) is 15.3. The van der Waals surface area contributed by atoms with Gasteiger partial charge in [0.25, 0.3) is 0 Å². The molecule has 0 spiro atoms. The molecule has 1 saturated carbocycles. The van der Waals surface area contributed by atoms with Gasteiger partial charge in [-0.05, 0) is 57.0 Å². The molecule has 0 bridgehead atoms. The molecular formula is C17H28N2O. The summed E-state index contributed by atoms with van der Waals surface area (Å²) in [6.07, 6.45) is 4.03. The average molecular weight is 276 g/mol. The Labute approximate surface area is 123 Å². The van der Waals surface area contributed by atoms with Crippen LogP contribution >= 0.6 is 0 Å². The zero-order valence-corrected chi connectivity index (χ0v) is 13.2. The van der Waals surface area contributed by atoms with E-state index in [0.29, 0.717) is 12.1 Å². The number of ether oxygens (including phenoxy) is 1. The van der Waals surface area contributed by atoms with Crippen LogP contribution in [0.25, 0.3) is 0 Å². The Kier molecular flexibility index (Phi) is 5.44. The molecule has 3 nitrogen and oxygen atoms in total. The molecular weight excluding hydrogens is 248 g/mol. The zero-order chi connectivity index (χ0) is 14.5. The zero-order valence-electron chi connectivity index (χ0n) is 13.2. The van der Waals surface area contributed by atoms with Gasteiger partial charge in [0, 0.05) is 18.6 Å². The molecule has 1 aromatic carbocycles. The first-order chi connectivity index (χ1) is 9.65. The van der Waals surface area contributed by atoms with Crippen LogP contribution in [0.3, 0.4) is 0 Å². The summed E-state index contributed by atoms with van der Waals surface area (Å²) in [5.41, 5.74) is 1.31. The minimum Gasteiger partial charge on any atom is -0.497 e. The lowest BCUT2D eigenvalue weighted by Crippen LogP contribution is -2.38. The molecule has 1 N–H and O–H groups in total. The molecule has 1 aliphatic carbocycles. The monoisotopic (exact) mass is 276 g/mol. The number of likely N-dealkylation sites (N-methyl/N-ethyl adjacent to an activating group) is 1. The number of methoxy groups -OCH3 is 1. The number of benzene rings is 1. The van der Waals surface area contributed by atoms with E-state index in [1.165, 1.54) is 24.8 Å². The highest BCUT2D eigenvalue weighted by Crippen LogP contribution is 2.34. The van der Waals surface area contributed by atoms with Crippen molar-refractivity contribution in [2.45, 2.75) is 38.3 Å². The fourth-order valence-corrected chi connectivity index (χ4v) is 2.85. The first-order valence-corrected chi connectivity index (χ1v) is 7.69. The molecule has 0 amide bonds. The largest absolute Gasteiger partial charge is 0.497 e. The van der Waals surface area contributed by atoms with E-state index >= 15 is 0 Å². The minimum atomic E-state index is 0.387. The third kappa shape index (κ3) is 3.97. The lowest BCUT2D eigenvalue weighted by molar-refractivity contribution is 0.272. The smallest absolute Gasteiger partial charge is 0.119 e. The second kappa shape index (κ2) is 7.09. The van der Waals surface area contributed by atoms with Crippen molar-refractivity contribution in [3.63, 3.8) is 0 Å². The predicted octanol–water partition coefficient (Wildman–Crippen LogP) is 3.08. The maximum atomic E-state index is 5.34. The van der Waals surface area contributed by atoms with E-state index in [1.807, 2.05) is 6.07 Å². The molecule has 2 atom stereocenters. The molecule has 1 aromatic rings. The number of hydrogen-bond donors (Lipinski definition) is 1. The van der Waals surface area contributed by atoms with E-state index < -0.39 is 0 Å². The van der Waals surface area contributed by atoms with Crippen molar-refractivity contribution in [3.8, 4) is 5.75 Å². The highest BCUT2D eigenvalue weighted by molar-refractivity contribution is 5.30. The van der Waals surface area contributed by atoms with Gasteiger partial charge in [0.1, 0.15) is 5.75 Å². The summed E-state index contributed by atoms with van der Waals surface area (Å²) in [7, 11) is 6.01. The standard InChI is InChI=1S/C17H28N2O/c1-5-16(13-9-10-13)18-12-17(19(2)3)14-7-6-8-15(11-14)20-4/h6-8,11,13,16-18H,5,9-10,12H2,1-4H3. The molecule has 3 heteroatoms. The maximum absolute atomic E-state index is 5.34. The molecule has 20 heavy (non-hydrogen) atoms. The topological polar surface area (TPSA) is 24.5 Å². The van der Waals surface area contributed by atoms with Crippen LogP contribution in [0.1, 0.15) is 37.8 Å². The van der Waals surface area contributed by atoms with Crippen molar-refractivity contribution in [2.24, 2.45) is 5.92 Å². The predicted molar refractivity (Wildman–Crippen MR) is 84.2 cm³/mol. The third-order valence-corrected chi connectivity index (χ3v) is 4.31. The molecule has 2 unspecified atom stereocenters. The molecule has 0 saturated heterocycles. The van der Waals surface area contributed by atoms with Gasteiger partial charge in [0.15, 0.2) is 0 Å². The summed E-state index contributed by atoms with van der Waals surface area (Å²) in [5.74, 6) is 1.84. The molecule has 0 aliphatic heterocycles. The third-order valence-electron chi connectivity index (χ3n) is 4.31. The molecule has 1 fully saturated rings. The van der Waals surface area contributed by atoms with Crippen LogP contribution in [0.2, 0.25) is 0 Å². The molecule has 112 valence electrons. The van der Waals surface area contributed by atoms with Gasteiger partial charge >= 0.3 is 0 Å². The van der Waals surface area contributed by atoms with E-state index in [4.69, 9.17) is 4.74 Å². The van der Waals surface area contributed by atoms with Gasteiger partial charge < -0.3 is 15.0 Å². The summed E-state index contributed by atoms with van der Waals surface area (Å²) in [4.78, 5) is 2.28. The van der Waals surface area contributed by atoms with Crippen LogP contribution < -0.4 is 10.1 Å². The lowest BCUT2D eigenvalue weighted by atomic mass is 10.0. The van der Waals surface area contributed by atoms with Gasteiger partial charge in [-0.1, -0.05) is 19.1 Å². The maximum Gasteiger partial charge on any atom is 0.119 e. The minimum absolute atomic E-state index is 0.387. The summed E-state index contributed by atoms with van der Waals surface area (Å²) in [5, 5.41) is 3.77. The van der Waals surface area contributed by atoms with Crippen LogP contribution in [0, 0.1) is 5.92 Å². The van der Waals surface area contributed by atoms with Gasteiger partial charge in [-0.2, -0.15) is 0 Å². The van der Waals surface area contributed by atoms with Crippen LogP contribution in [0.4, 0.5) is 0 Å². The quantitative estimate of drug-likeness (QED) is 0.789. The van der Waals surface area contributed by atoms with Crippen LogP contribution in [-0.4, -0.2) is 38.7 Å². The Morgan fingerprint density at radius 3 is 2.65 bits per heavy atom. The summed E-state index contributed by atoms with van der Waals surface area (Å²) >= 11 is 0. The Morgan fingerprint density at radius 1 is 1.35 bits per heavy atom. The second-order valence-corrected chi connectivity index (χ2v) is 6.02. The van der Waals surface area contributed by atoms with Crippen molar-refractivity contribution in [2.75, 3.05) is 27.7 Å². The number of nitrogens with one attached hydrogen (secondary N) is 1. The molecule has 0 radical (unpaired) electrons. The fraction of sp³-hybridized carbons (Fsp3) is 0.647. The Morgan fingerprint density at radius 2 is 2.10 bits per heavy atom. The second-order valence-electron chi connectivity index (χ2n) is 6.02. The van der Waals surface area contributed by atoms with E-state index in [-0.39, 0.29) is 0 Å². The average Bonchev–Trinajstić information content (AvgIpc) is 3.28. The van der Waals surface area contributed by atoms with E-state index in [0.717, 1.165) is 18.2 Å². The van der Waals surface area contributed by atoms with Crippen molar-refractivity contribution < 1.29 is 4.74 Å². The SMILES string of the molecule is CCC(NCC(c1cccc(OC)c1)N(C)C)C1CC1. The van der Waals surface area contributed by atoms with E-state index in [9.17, 15) is 0 Å². The Balaban J connectivity index is 2.02. The van der Waals surface area contributed by atoms with Crippen molar-refractivity contribution >= 4 is 0 Å². The molecule has 2 rings (SSSR count). The van der Waals surface area contributed by atoms with Gasteiger partial charge in [-0.15, -0.1) is 0 Å². The molecule has 0 heterocycles. The summed E-state index contributed by atoms with van der Waals surface area (Å²) in [6, 6.07) is 9.48. The number of nitrogens with zero attached hydrogens (tertiary/aromatic N) is 1. The highest BCUT2D eigenvalue weighted by Gasteiger charge is 2.30. The van der Waals surface area contributed by atoms with E-state index in [1.54, 1.807) is 7.11 Å². The van der Waals surface area contributed by atoms with Crippen molar-refractivity contribution in [1.29, 1.82) is 0 Å². The Hall–Kier alpha value is -1.06. The van der Waals surface area contributed by atoms with E-state index in [2.05, 4.69) is 49.4 Å². The summed E-state index contributed by atoms with van der Waals surface area (Å²) in [6.45, 7) is 3.28. The Bertz CT molecular complexity index is 415. The first-order valence-electron chi connectivity index (χ1n) is 7.69. The van der Waals surface area contributed by atoms with Crippen molar-refractivity contribution in [3.05, 3.63) is 29.8 Å². The lowest BCUT2D eigenvalue weighted by Gasteiger charge is -2.28. The number of hydrogen-bond acceptors (Lipinski definition) is 3. The fourth-order valence-electron chi connectivity index (χ4n) is 2.85. The van der Waals surface area contributed by atoms with Gasteiger partial charge in [-0.3, -0.25) is 0 Å².